The highest BCUT2D eigenvalue weighted by molar-refractivity contribution is 5.93. The van der Waals surface area contributed by atoms with E-state index in [1.165, 1.54) is 0 Å². The lowest BCUT2D eigenvalue weighted by atomic mass is 10.0. The zero-order valence-electron chi connectivity index (χ0n) is 15.2. The molecule has 0 aliphatic carbocycles. The Labute approximate surface area is 156 Å². The van der Waals surface area contributed by atoms with Crippen molar-refractivity contribution < 1.29 is 14.3 Å². The third kappa shape index (κ3) is 3.27. The Morgan fingerprint density at radius 1 is 1.26 bits per heavy atom. The van der Waals surface area contributed by atoms with Gasteiger partial charge in [0.05, 0.1) is 17.6 Å². The number of aromatic nitrogens is 2. The lowest BCUT2D eigenvalue weighted by Crippen LogP contribution is -2.48. The van der Waals surface area contributed by atoms with Crippen LogP contribution in [0, 0.1) is 0 Å². The fourth-order valence-electron chi connectivity index (χ4n) is 3.76. The maximum Gasteiger partial charge on any atom is 0.410 e. The van der Waals surface area contributed by atoms with Gasteiger partial charge in [0, 0.05) is 19.1 Å². The van der Waals surface area contributed by atoms with Crippen LogP contribution < -0.4 is 5.56 Å². The van der Waals surface area contributed by atoms with Crippen molar-refractivity contribution in [1.29, 1.82) is 0 Å². The molecule has 4 rings (SSSR count). The van der Waals surface area contributed by atoms with E-state index in [2.05, 4.69) is 9.97 Å². The molecule has 2 aliphatic heterocycles. The van der Waals surface area contributed by atoms with E-state index in [-0.39, 0.29) is 29.8 Å². The number of carbonyl (C=O) groups excluding carboxylic acids is 2. The SMILES string of the molecule is CCC1CN(C2CCN(C(=O)c3nc4ccccc4[nH]c3=O)CC2)C(=O)O1. The topological polar surface area (TPSA) is 95.6 Å². The Morgan fingerprint density at radius 2 is 2.00 bits per heavy atom. The van der Waals surface area contributed by atoms with Gasteiger partial charge >= 0.3 is 6.09 Å². The van der Waals surface area contributed by atoms with Crippen molar-refractivity contribution in [2.75, 3.05) is 19.6 Å². The first-order valence-electron chi connectivity index (χ1n) is 9.32. The minimum atomic E-state index is -0.477. The van der Waals surface area contributed by atoms with E-state index < -0.39 is 5.56 Å². The molecule has 8 nitrogen and oxygen atoms in total. The highest BCUT2D eigenvalue weighted by Gasteiger charge is 2.37. The van der Waals surface area contributed by atoms with Crippen molar-refractivity contribution >= 4 is 23.0 Å². The molecule has 2 amide bonds. The number of H-pyrrole nitrogens is 1. The number of hydrogen-bond donors (Lipinski definition) is 1. The largest absolute Gasteiger partial charge is 0.444 e. The first-order valence-corrected chi connectivity index (χ1v) is 9.32. The Morgan fingerprint density at radius 3 is 2.70 bits per heavy atom. The van der Waals surface area contributed by atoms with Crippen molar-refractivity contribution in [3.63, 3.8) is 0 Å². The van der Waals surface area contributed by atoms with Crippen LogP contribution in [0.2, 0.25) is 0 Å². The Hall–Kier alpha value is -2.90. The summed E-state index contributed by atoms with van der Waals surface area (Å²) >= 11 is 0. The van der Waals surface area contributed by atoms with Crippen LogP contribution in [0.5, 0.6) is 0 Å². The molecule has 1 unspecified atom stereocenters. The number of aromatic amines is 1. The number of nitrogens with one attached hydrogen (secondary N) is 1. The zero-order valence-corrected chi connectivity index (χ0v) is 15.2. The van der Waals surface area contributed by atoms with Gasteiger partial charge in [-0.25, -0.2) is 9.78 Å². The lowest BCUT2D eigenvalue weighted by molar-refractivity contribution is 0.0651. The number of carbonyl (C=O) groups is 2. The summed E-state index contributed by atoms with van der Waals surface area (Å²) in [5.41, 5.74) is 0.630. The minimum absolute atomic E-state index is 0.0440. The number of ether oxygens (including phenoxy) is 1. The van der Waals surface area contributed by atoms with E-state index >= 15 is 0 Å². The van der Waals surface area contributed by atoms with Crippen LogP contribution in [0.3, 0.4) is 0 Å². The number of benzene rings is 1. The molecule has 2 saturated heterocycles. The highest BCUT2D eigenvalue weighted by atomic mass is 16.6. The maximum absolute atomic E-state index is 12.8. The fourth-order valence-corrected chi connectivity index (χ4v) is 3.76. The number of amides is 2. The van der Waals surface area contributed by atoms with Crippen molar-refractivity contribution in [2.24, 2.45) is 0 Å². The molecule has 2 fully saturated rings. The number of likely N-dealkylation sites (tertiary alicyclic amines) is 1. The Bertz CT molecular complexity index is 933. The molecule has 1 atom stereocenters. The number of piperidine rings is 1. The van der Waals surface area contributed by atoms with Gasteiger partial charge in [0.1, 0.15) is 6.10 Å². The molecule has 0 radical (unpaired) electrons. The molecule has 0 saturated carbocycles. The van der Waals surface area contributed by atoms with E-state index in [4.69, 9.17) is 4.74 Å². The molecule has 0 bridgehead atoms. The first kappa shape index (κ1) is 17.5. The summed E-state index contributed by atoms with van der Waals surface area (Å²) < 4.78 is 5.33. The van der Waals surface area contributed by atoms with Gasteiger partial charge in [0.25, 0.3) is 11.5 Å². The third-order valence-electron chi connectivity index (χ3n) is 5.35. The van der Waals surface area contributed by atoms with Crippen molar-refractivity contribution in [2.45, 2.75) is 38.3 Å². The molecule has 2 aromatic rings. The molecular weight excluding hydrogens is 348 g/mol. The molecule has 142 valence electrons. The van der Waals surface area contributed by atoms with Gasteiger partial charge in [-0.15, -0.1) is 0 Å². The summed E-state index contributed by atoms with van der Waals surface area (Å²) in [6.07, 6.45) is 1.83. The summed E-state index contributed by atoms with van der Waals surface area (Å²) in [6.45, 7) is 3.58. The second-order valence-corrected chi connectivity index (χ2v) is 7.02. The van der Waals surface area contributed by atoms with Crippen molar-refractivity contribution in [3.8, 4) is 0 Å². The van der Waals surface area contributed by atoms with E-state index in [0.29, 0.717) is 43.5 Å². The molecule has 8 heteroatoms. The Balaban J connectivity index is 1.45. The van der Waals surface area contributed by atoms with Gasteiger partial charge in [-0.1, -0.05) is 19.1 Å². The number of para-hydroxylation sites is 2. The molecule has 2 aliphatic rings. The molecule has 1 aromatic carbocycles. The Kier molecular flexibility index (Phi) is 4.55. The van der Waals surface area contributed by atoms with E-state index in [1.54, 1.807) is 28.0 Å². The molecular formula is C19H22N4O4. The predicted molar refractivity (Wildman–Crippen MR) is 98.6 cm³/mol. The smallest absolute Gasteiger partial charge is 0.410 e. The molecule has 1 aromatic heterocycles. The minimum Gasteiger partial charge on any atom is -0.444 e. The zero-order chi connectivity index (χ0) is 19.0. The first-order chi connectivity index (χ1) is 13.1. The van der Waals surface area contributed by atoms with Gasteiger partial charge in [-0.05, 0) is 31.4 Å². The average Bonchev–Trinajstić information content (AvgIpc) is 3.08. The molecule has 27 heavy (non-hydrogen) atoms. The molecule has 3 heterocycles. The number of rotatable bonds is 3. The summed E-state index contributed by atoms with van der Waals surface area (Å²) in [5, 5.41) is 0. The molecule has 1 N–H and O–H groups in total. The maximum atomic E-state index is 12.8. The van der Waals surface area contributed by atoms with Crippen LogP contribution in [0.1, 0.15) is 36.7 Å². The fraction of sp³-hybridized carbons (Fsp3) is 0.474. The number of hydrogen-bond acceptors (Lipinski definition) is 5. The third-order valence-corrected chi connectivity index (χ3v) is 5.35. The summed E-state index contributed by atoms with van der Waals surface area (Å²) in [4.78, 5) is 47.5. The standard InChI is InChI=1S/C19H22N4O4/c1-2-13-11-23(19(26)27-13)12-7-9-22(10-8-12)18(25)16-17(24)21-15-6-4-3-5-14(15)20-16/h3-6,12-13H,2,7-11H2,1H3,(H,21,24). The predicted octanol–water partition coefficient (Wildman–Crippen LogP) is 1.76. The van der Waals surface area contributed by atoms with Gasteiger partial charge in [-0.2, -0.15) is 0 Å². The summed E-state index contributed by atoms with van der Waals surface area (Å²) in [5.74, 6) is -0.365. The van der Waals surface area contributed by atoms with Crippen LogP contribution in [-0.4, -0.2) is 63.5 Å². The van der Waals surface area contributed by atoms with Crippen LogP contribution in [0.4, 0.5) is 4.79 Å². The number of fused-ring (bicyclic) bond motifs is 1. The average molecular weight is 370 g/mol. The van der Waals surface area contributed by atoms with Crippen molar-refractivity contribution in [3.05, 3.63) is 40.3 Å². The van der Waals surface area contributed by atoms with E-state index in [0.717, 1.165) is 6.42 Å². The lowest BCUT2D eigenvalue weighted by Gasteiger charge is -2.35. The normalized spacial score (nSPS) is 20.9. The summed E-state index contributed by atoms with van der Waals surface area (Å²) in [7, 11) is 0. The van der Waals surface area contributed by atoms with Gasteiger partial charge in [0.15, 0.2) is 5.69 Å². The van der Waals surface area contributed by atoms with Crippen molar-refractivity contribution in [1.82, 2.24) is 19.8 Å². The van der Waals surface area contributed by atoms with Crippen LogP contribution >= 0.6 is 0 Å². The van der Waals surface area contributed by atoms with Crippen LogP contribution in [0.15, 0.2) is 29.1 Å². The number of nitrogens with zero attached hydrogens (tertiary/aromatic N) is 3. The number of cyclic esters (lactones) is 1. The quantitative estimate of drug-likeness (QED) is 0.888. The van der Waals surface area contributed by atoms with Crippen LogP contribution in [0.25, 0.3) is 11.0 Å². The second kappa shape index (κ2) is 7.02. The van der Waals surface area contributed by atoms with E-state index in [1.807, 2.05) is 13.0 Å². The second-order valence-electron chi connectivity index (χ2n) is 7.02. The monoisotopic (exact) mass is 370 g/mol. The van der Waals surface area contributed by atoms with Gasteiger partial charge < -0.3 is 19.5 Å². The van der Waals surface area contributed by atoms with Crippen LogP contribution in [-0.2, 0) is 4.74 Å². The van der Waals surface area contributed by atoms with Gasteiger partial charge in [0.2, 0.25) is 0 Å². The highest BCUT2D eigenvalue weighted by Crippen LogP contribution is 2.24. The van der Waals surface area contributed by atoms with Gasteiger partial charge in [-0.3, -0.25) is 9.59 Å². The summed E-state index contributed by atoms with van der Waals surface area (Å²) in [6, 6.07) is 7.20. The van der Waals surface area contributed by atoms with E-state index in [9.17, 15) is 14.4 Å². The molecule has 0 spiro atoms.